The number of carbonyl (C=O) groups is 2. The Hall–Kier alpha value is -1.92. The van der Waals surface area contributed by atoms with E-state index in [1.54, 1.807) is 13.8 Å². The molecule has 0 bridgehead atoms. The topological polar surface area (TPSA) is 96.5 Å². The van der Waals surface area contributed by atoms with E-state index in [1.165, 1.54) is 4.90 Å². The van der Waals surface area contributed by atoms with Crippen molar-refractivity contribution in [3.63, 3.8) is 0 Å². The first-order chi connectivity index (χ1) is 9.97. The van der Waals surface area contributed by atoms with E-state index in [4.69, 9.17) is 9.63 Å². The van der Waals surface area contributed by atoms with Crippen LogP contribution in [-0.2, 0) is 16.0 Å². The number of aliphatic carboxylic acids is 1. The minimum absolute atomic E-state index is 0.126. The van der Waals surface area contributed by atoms with Crippen LogP contribution >= 0.6 is 0 Å². The summed E-state index contributed by atoms with van der Waals surface area (Å²) in [6.45, 7) is 3.35. The highest BCUT2D eigenvalue weighted by atomic mass is 16.5. The van der Waals surface area contributed by atoms with E-state index in [0.29, 0.717) is 24.7 Å². The van der Waals surface area contributed by atoms with Crippen LogP contribution in [0.4, 0.5) is 0 Å². The number of hydrogen-bond acceptors (Lipinski definition) is 5. The van der Waals surface area contributed by atoms with Gasteiger partial charge in [0.25, 0.3) is 0 Å². The van der Waals surface area contributed by atoms with Gasteiger partial charge < -0.3 is 14.5 Å². The maximum absolute atomic E-state index is 12.0. The molecule has 21 heavy (non-hydrogen) atoms. The van der Waals surface area contributed by atoms with E-state index in [0.717, 1.165) is 18.7 Å². The third-order valence-electron chi connectivity index (χ3n) is 3.46. The van der Waals surface area contributed by atoms with Crippen LogP contribution in [0.2, 0.25) is 0 Å². The smallest absolute Gasteiger partial charge is 0.323 e. The first-order valence-corrected chi connectivity index (χ1v) is 7.31. The van der Waals surface area contributed by atoms with Gasteiger partial charge in [0.05, 0.1) is 0 Å². The van der Waals surface area contributed by atoms with Crippen LogP contribution in [0.3, 0.4) is 0 Å². The molecule has 1 amide bonds. The molecule has 7 heteroatoms. The largest absolute Gasteiger partial charge is 0.480 e. The van der Waals surface area contributed by atoms with E-state index < -0.39 is 5.97 Å². The molecular weight excluding hydrogens is 274 g/mol. The molecule has 1 saturated carbocycles. The van der Waals surface area contributed by atoms with Crippen LogP contribution in [0.15, 0.2) is 4.52 Å². The van der Waals surface area contributed by atoms with Gasteiger partial charge in [-0.1, -0.05) is 5.16 Å². The Morgan fingerprint density at radius 1 is 1.43 bits per heavy atom. The van der Waals surface area contributed by atoms with Gasteiger partial charge in [0.1, 0.15) is 6.54 Å². The number of hydrogen-bond donors (Lipinski definition) is 1. The Labute approximate surface area is 123 Å². The quantitative estimate of drug-likeness (QED) is 0.782. The second kappa shape index (κ2) is 6.69. The van der Waals surface area contributed by atoms with Gasteiger partial charge in [0.15, 0.2) is 5.82 Å². The summed E-state index contributed by atoms with van der Waals surface area (Å²) in [5.74, 6) is 0.624. The number of aryl methyl sites for hydroxylation is 1. The molecule has 0 aliphatic heterocycles. The molecule has 1 N–H and O–H groups in total. The maximum atomic E-state index is 12.0. The Morgan fingerprint density at radius 2 is 2.14 bits per heavy atom. The Balaban J connectivity index is 1.77. The molecule has 7 nitrogen and oxygen atoms in total. The van der Waals surface area contributed by atoms with Gasteiger partial charge in [-0.05, 0) is 33.1 Å². The molecule has 1 aliphatic carbocycles. The van der Waals surface area contributed by atoms with Crippen molar-refractivity contribution in [2.24, 2.45) is 0 Å². The van der Waals surface area contributed by atoms with Crippen molar-refractivity contribution in [1.29, 1.82) is 0 Å². The summed E-state index contributed by atoms with van der Waals surface area (Å²) >= 11 is 0. The lowest BCUT2D eigenvalue weighted by atomic mass is 10.2. The predicted octanol–water partition coefficient (Wildman–Crippen LogP) is 1.59. The normalized spacial score (nSPS) is 14.4. The lowest BCUT2D eigenvalue weighted by Gasteiger charge is -2.24. The van der Waals surface area contributed by atoms with Crippen LogP contribution in [-0.4, -0.2) is 44.6 Å². The fraction of sp³-hybridized carbons (Fsp3) is 0.714. The minimum atomic E-state index is -0.997. The highest BCUT2D eigenvalue weighted by Crippen LogP contribution is 2.38. The van der Waals surface area contributed by atoms with Crippen LogP contribution in [0.25, 0.3) is 0 Å². The van der Waals surface area contributed by atoms with Gasteiger partial charge >= 0.3 is 5.97 Å². The number of carbonyl (C=O) groups excluding carboxylic acids is 1. The first kappa shape index (κ1) is 15.5. The molecule has 2 rings (SSSR count). The summed E-state index contributed by atoms with van der Waals surface area (Å²) in [5.41, 5.74) is 0. The van der Waals surface area contributed by atoms with E-state index in [-0.39, 0.29) is 24.9 Å². The third kappa shape index (κ3) is 4.54. The average Bonchev–Trinajstić information content (AvgIpc) is 3.15. The van der Waals surface area contributed by atoms with E-state index >= 15 is 0 Å². The summed E-state index contributed by atoms with van der Waals surface area (Å²) in [4.78, 5) is 28.5. The van der Waals surface area contributed by atoms with Crippen LogP contribution in [0.5, 0.6) is 0 Å². The number of rotatable bonds is 8. The fourth-order valence-electron chi connectivity index (χ4n) is 2.12. The number of carboxylic acids is 1. The van der Waals surface area contributed by atoms with Gasteiger partial charge in [0.2, 0.25) is 11.8 Å². The summed E-state index contributed by atoms with van der Waals surface area (Å²) in [7, 11) is 0. The predicted molar refractivity (Wildman–Crippen MR) is 73.7 cm³/mol. The highest BCUT2D eigenvalue weighted by Gasteiger charge is 2.28. The molecule has 116 valence electrons. The lowest BCUT2D eigenvalue weighted by molar-refractivity contribution is -0.145. The number of aromatic nitrogens is 2. The molecule has 1 heterocycles. The van der Waals surface area contributed by atoms with Crippen molar-refractivity contribution in [1.82, 2.24) is 15.0 Å². The zero-order chi connectivity index (χ0) is 15.4. The fourth-order valence-corrected chi connectivity index (χ4v) is 2.12. The van der Waals surface area contributed by atoms with Gasteiger partial charge in [-0.2, -0.15) is 4.98 Å². The van der Waals surface area contributed by atoms with Crippen molar-refractivity contribution >= 4 is 11.9 Å². The molecule has 1 aromatic heterocycles. The molecular formula is C14H21N3O4. The van der Waals surface area contributed by atoms with Crippen LogP contribution < -0.4 is 0 Å². The van der Waals surface area contributed by atoms with Crippen LogP contribution in [0, 0.1) is 0 Å². The molecule has 0 radical (unpaired) electrons. The Bertz CT molecular complexity index is 508. The summed E-state index contributed by atoms with van der Waals surface area (Å²) < 4.78 is 5.14. The summed E-state index contributed by atoms with van der Waals surface area (Å²) in [6, 6.07) is -0.126. The Kier molecular flexibility index (Phi) is 4.93. The van der Waals surface area contributed by atoms with Crippen LogP contribution in [0.1, 0.15) is 57.2 Å². The Morgan fingerprint density at radius 3 is 2.71 bits per heavy atom. The number of amides is 1. The molecule has 1 aliphatic rings. The molecule has 0 saturated heterocycles. The van der Waals surface area contributed by atoms with Crippen molar-refractivity contribution in [2.45, 2.75) is 57.9 Å². The highest BCUT2D eigenvalue weighted by molar-refractivity contribution is 5.81. The van der Waals surface area contributed by atoms with Gasteiger partial charge in [-0.3, -0.25) is 9.59 Å². The van der Waals surface area contributed by atoms with Crippen molar-refractivity contribution in [3.05, 3.63) is 11.7 Å². The van der Waals surface area contributed by atoms with Gasteiger partial charge in [-0.15, -0.1) is 0 Å². The minimum Gasteiger partial charge on any atom is -0.480 e. The summed E-state index contributed by atoms with van der Waals surface area (Å²) in [6.07, 6.45) is 3.65. The molecule has 0 unspecified atom stereocenters. The lowest BCUT2D eigenvalue weighted by Crippen LogP contribution is -2.40. The standard InChI is InChI=1S/C14H21N3O4/c1-9(2)17(8-13(19)20)12(18)5-3-4-11-15-14(16-21-11)10-6-7-10/h9-10H,3-8H2,1-2H3,(H,19,20). The van der Waals surface area contributed by atoms with E-state index in [2.05, 4.69) is 10.1 Å². The van der Waals surface area contributed by atoms with Crippen molar-refractivity contribution in [2.75, 3.05) is 6.54 Å². The number of nitrogens with zero attached hydrogens (tertiary/aromatic N) is 3. The van der Waals surface area contributed by atoms with Gasteiger partial charge in [0, 0.05) is 24.8 Å². The third-order valence-corrected chi connectivity index (χ3v) is 3.46. The second-order valence-corrected chi connectivity index (χ2v) is 5.68. The van der Waals surface area contributed by atoms with E-state index in [9.17, 15) is 9.59 Å². The zero-order valence-electron chi connectivity index (χ0n) is 12.4. The van der Waals surface area contributed by atoms with Crippen molar-refractivity contribution in [3.8, 4) is 0 Å². The maximum Gasteiger partial charge on any atom is 0.323 e. The van der Waals surface area contributed by atoms with Gasteiger partial charge in [-0.25, -0.2) is 0 Å². The van der Waals surface area contributed by atoms with Crippen molar-refractivity contribution < 1.29 is 19.2 Å². The molecule has 0 spiro atoms. The van der Waals surface area contributed by atoms with E-state index in [1.807, 2.05) is 0 Å². The molecule has 1 aromatic rings. The average molecular weight is 295 g/mol. The number of carboxylic acid groups (broad SMARTS) is 1. The zero-order valence-corrected chi connectivity index (χ0v) is 12.4. The molecule has 0 aromatic carbocycles. The SMILES string of the molecule is CC(C)N(CC(=O)O)C(=O)CCCc1nc(C2CC2)no1. The molecule has 1 fully saturated rings. The molecule has 0 atom stereocenters. The first-order valence-electron chi connectivity index (χ1n) is 7.31. The summed E-state index contributed by atoms with van der Waals surface area (Å²) in [5, 5.41) is 12.7. The second-order valence-electron chi connectivity index (χ2n) is 5.68. The monoisotopic (exact) mass is 295 g/mol.